The summed E-state index contributed by atoms with van der Waals surface area (Å²) in [5, 5.41) is 8.80. The Balaban J connectivity index is 3.60. The van der Waals surface area contributed by atoms with Gasteiger partial charge in [0.05, 0.1) is 12.5 Å². The van der Waals surface area contributed by atoms with Crippen LogP contribution in [-0.4, -0.2) is 29.0 Å². The Hall–Kier alpha value is -0.610. The molecule has 0 aromatic carbocycles. The number of aliphatic hydroxyl groups excluding tert-OH is 1. The number of hydrogen-bond donors (Lipinski definition) is 1. The molecular weight excluding hydrogens is 172 g/mol. The fraction of sp³-hybridized carbons (Fsp3) is 0.667. The minimum absolute atomic E-state index is 0.0486. The maximum atomic E-state index is 10.6. The molecule has 11 heavy (non-hydrogen) atoms. The fourth-order valence-corrected chi connectivity index (χ4v) is 0.558. The van der Waals surface area contributed by atoms with Crippen molar-refractivity contribution in [3.8, 4) is 0 Å². The van der Waals surface area contributed by atoms with Gasteiger partial charge in [0.1, 0.15) is 0 Å². The van der Waals surface area contributed by atoms with Crippen LogP contribution in [0.4, 0.5) is 0 Å². The van der Waals surface area contributed by atoms with Crippen molar-refractivity contribution in [2.75, 3.05) is 5.88 Å². The Morgan fingerprint density at radius 1 is 1.64 bits per heavy atom. The molecule has 1 atom stereocenters. The van der Waals surface area contributed by atoms with E-state index in [1.54, 1.807) is 0 Å². The Labute approximate surface area is 69.1 Å². The summed E-state index contributed by atoms with van der Waals surface area (Å²) in [4.78, 5) is 20.7. The third-order valence-corrected chi connectivity index (χ3v) is 1.19. The van der Waals surface area contributed by atoms with Crippen molar-refractivity contribution in [1.82, 2.24) is 0 Å². The van der Waals surface area contributed by atoms with E-state index in [1.165, 1.54) is 0 Å². The number of ether oxygens (including phenoxy) is 1. The summed E-state index contributed by atoms with van der Waals surface area (Å²) < 4.78 is 4.13. The average molecular weight is 181 g/mol. The summed E-state index contributed by atoms with van der Waals surface area (Å²) in [6, 6.07) is 0. The molecule has 1 N–H and O–H groups in total. The summed E-state index contributed by atoms with van der Waals surface area (Å²) in [5.41, 5.74) is 0. The van der Waals surface area contributed by atoms with E-state index in [1.807, 2.05) is 0 Å². The summed E-state index contributed by atoms with van der Waals surface area (Å²) in [7, 11) is 0. The van der Waals surface area contributed by atoms with Crippen LogP contribution in [0.1, 0.15) is 13.3 Å². The zero-order valence-corrected chi connectivity index (χ0v) is 6.80. The summed E-state index contributed by atoms with van der Waals surface area (Å²) in [6.45, 7) is 1.12. The number of aliphatic hydroxyl groups is 1. The first-order valence-electron chi connectivity index (χ1n) is 3.01. The van der Waals surface area contributed by atoms with Gasteiger partial charge in [-0.1, -0.05) is 0 Å². The van der Waals surface area contributed by atoms with Gasteiger partial charge in [-0.25, -0.2) is 0 Å². The SMILES string of the molecule is CC(=O)OC(=O)C[C@H](O)CCl. The monoisotopic (exact) mass is 180 g/mol. The first-order valence-corrected chi connectivity index (χ1v) is 3.55. The minimum atomic E-state index is -0.941. The third kappa shape index (κ3) is 5.82. The van der Waals surface area contributed by atoms with Crippen molar-refractivity contribution in [1.29, 1.82) is 0 Å². The number of halogens is 1. The zero-order valence-electron chi connectivity index (χ0n) is 6.04. The topological polar surface area (TPSA) is 63.6 Å². The van der Waals surface area contributed by atoms with E-state index >= 15 is 0 Å². The Morgan fingerprint density at radius 3 is 2.55 bits per heavy atom. The molecule has 0 heterocycles. The fourth-order valence-electron chi connectivity index (χ4n) is 0.449. The molecule has 0 aromatic rings. The van der Waals surface area contributed by atoms with Gasteiger partial charge in [0.2, 0.25) is 0 Å². The normalized spacial score (nSPS) is 12.3. The Kier molecular flexibility index (Phi) is 4.81. The summed E-state index contributed by atoms with van der Waals surface area (Å²) in [6.07, 6.45) is -1.19. The second-order valence-electron chi connectivity index (χ2n) is 1.98. The zero-order chi connectivity index (χ0) is 8.85. The number of esters is 2. The average Bonchev–Trinajstić information content (AvgIpc) is 1.85. The second-order valence-corrected chi connectivity index (χ2v) is 2.29. The number of carbonyl (C=O) groups excluding carboxylic acids is 2. The van der Waals surface area contributed by atoms with E-state index in [9.17, 15) is 9.59 Å². The molecule has 0 fully saturated rings. The van der Waals surface area contributed by atoms with Gasteiger partial charge in [0.25, 0.3) is 0 Å². The molecule has 0 bridgehead atoms. The molecule has 4 nitrogen and oxygen atoms in total. The predicted molar refractivity (Wildman–Crippen MR) is 38.1 cm³/mol. The van der Waals surface area contributed by atoms with Gasteiger partial charge in [-0.2, -0.15) is 0 Å². The molecule has 0 radical (unpaired) electrons. The molecule has 0 spiro atoms. The molecular formula is C6H9ClO4. The van der Waals surface area contributed by atoms with Gasteiger partial charge >= 0.3 is 11.9 Å². The van der Waals surface area contributed by atoms with Gasteiger partial charge in [-0.15, -0.1) is 11.6 Å². The molecule has 64 valence electrons. The van der Waals surface area contributed by atoms with Crippen LogP contribution in [-0.2, 0) is 14.3 Å². The number of hydrogen-bond acceptors (Lipinski definition) is 4. The van der Waals surface area contributed by atoms with Crippen LogP contribution in [0.2, 0.25) is 0 Å². The largest absolute Gasteiger partial charge is 0.393 e. The molecule has 5 heteroatoms. The lowest BCUT2D eigenvalue weighted by atomic mass is 10.3. The van der Waals surface area contributed by atoms with Crippen molar-refractivity contribution >= 4 is 23.5 Å². The molecule has 0 aliphatic rings. The molecule has 0 saturated heterocycles. The van der Waals surface area contributed by atoms with Crippen LogP contribution in [0, 0.1) is 0 Å². The van der Waals surface area contributed by atoms with Gasteiger partial charge in [0.15, 0.2) is 0 Å². The molecule has 0 aliphatic carbocycles. The maximum Gasteiger partial charge on any atom is 0.316 e. The van der Waals surface area contributed by atoms with E-state index in [2.05, 4.69) is 4.74 Å². The molecule has 0 unspecified atom stereocenters. The standard InChI is InChI=1S/C6H9ClO4/c1-4(8)11-6(10)2-5(9)3-7/h5,9H,2-3H2,1H3/t5-/m0/s1. The van der Waals surface area contributed by atoms with Crippen molar-refractivity contribution < 1.29 is 19.4 Å². The van der Waals surface area contributed by atoms with Crippen molar-refractivity contribution in [3.05, 3.63) is 0 Å². The van der Waals surface area contributed by atoms with Crippen LogP contribution >= 0.6 is 11.6 Å². The highest BCUT2D eigenvalue weighted by atomic mass is 35.5. The minimum Gasteiger partial charge on any atom is -0.393 e. The van der Waals surface area contributed by atoms with E-state index in [0.717, 1.165) is 6.92 Å². The Morgan fingerprint density at radius 2 is 2.18 bits per heavy atom. The molecule has 0 aromatic heterocycles. The summed E-state index contributed by atoms with van der Waals surface area (Å²) >= 11 is 5.19. The van der Waals surface area contributed by atoms with Crippen LogP contribution < -0.4 is 0 Å². The smallest absolute Gasteiger partial charge is 0.316 e. The van der Waals surface area contributed by atoms with Crippen LogP contribution in [0.5, 0.6) is 0 Å². The quantitative estimate of drug-likeness (QED) is 0.379. The molecule has 0 aliphatic heterocycles. The highest BCUT2D eigenvalue weighted by Gasteiger charge is 2.11. The van der Waals surface area contributed by atoms with Gasteiger partial charge < -0.3 is 9.84 Å². The van der Waals surface area contributed by atoms with E-state index in [0.29, 0.717) is 0 Å². The lowest BCUT2D eigenvalue weighted by Crippen LogP contribution is -2.18. The first kappa shape index (κ1) is 10.4. The lowest BCUT2D eigenvalue weighted by molar-refractivity contribution is -0.159. The van der Waals surface area contributed by atoms with Crippen molar-refractivity contribution in [3.63, 3.8) is 0 Å². The first-order chi connectivity index (χ1) is 5.06. The summed E-state index contributed by atoms with van der Waals surface area (Å²) in [5.74, 6) is -1.49. The van der Waals surface area contributed by atoms with Crippen LogP contribution in [0.25, 0.3) is 0 Å². The van der Waals surface area contributed by atoms with Gasteiger partial charge in [0, 0.05) is 12.8 Å². The lowest BCUT2D eigenvalue weighted by Gasteiger charge is -2.03. The van der Waals surface area contributed by atoms with E-state index < -0.39 is 18.0 Å². The molecule has 0 rings (SSSR count). The number of carbonyl (C=O) groups is 2. The molecule has 0 amide bonds. The van der Waals surface area contributed by atoms with Crippen molar-refractivity contribution in [2.24, 2.45) is 0 Å². The second kappa shape index (κ2) is 5.09. The van der Waals surface area contributed by atoms with Crippen LogP contribution in [0.15, 0.2) is 0 Å². The van der Waals surface area contributed by atoms with Crippen LogP contribution in [0.3, 0.4) is 0 Å². The van der Waals surface area contributed by atoms with Gasteiger partial charge in [-0.3, -0.25) is 9.59 Å². The number of alkyl halides is 1. The Bertz CT molecular complexity index is 157. The van der Waals surface area contributed by atoms with E-state index in [4.69, 9.17) is 16.7 Å². The van der Waals surface area contributed by atoms with Gasteiger partial charge in [-0.05, 0) is 0 Å². The highest BCUT2D eigenvalue weighted by molar-refractivity contribution is 6.18. The predicted octanol–water partition coefficient (Wildman–Crippen LogP) is 0.0659. The highest BCUT2D eigenvalue weighted by Crippen LogP contribution is 1.96. The van der Waals surface area contributed by atoms with E-state index in [-0.39, 0.29) is 12.3 Å². The maximum absolute atomic E-state index is 10.6. The molecule has 0 saturated carbocycles. The number of rotatable bonds is 3. The van der Waals surface area contributed by atoms with Crippen molar-refractivity contribution in [2.45, 2.75) is 19.4 Å². The third-order valence-electron chi connectivity index (χ3n) is 0.838.